The van der Waals surface area contributed by atoms with Crippen LogP contribution in [0.2, 0.25) is 5.02 Å². The van der Waals surface area contributed by atoms with Gasteiger partial charge in [-0.3, -0.25) is 0 Å². The molecule has 1 aromatic heterocycles. The number of aryl methyl sites for hydroxylation is 1. The van der Waals surface area contributed by atoms with E-state index in [2.05, 4.69) is 10.1 Å². The Hall–Kier alpha value is -2.11. The van der Waals surface area contributed by atoms with Crippen LogP contribution in [0.4, 0.5) is 5.69 Å². The molecular formula is C15H12ClN3OS. The number of hydrogen-bond donors (Lipinski definition) is 1. The third kappa shape index (κ3) is 2.99. The Bertz CT molecular complexity index is 837. The number of phenols is 1. The second kappa shape index (κ2) is 5.71. The number of aromatic hydroxyl groups is 1. The second-order valence-corrected chi connectivity index (χ2v) is 5.81. The van der Waals surface area contributed by atoms with E-state index in [1.807, 2.05) is 37.4 Å². The van der Waals surface area contributed by atoms with Gasteiger partial charge in [-0.25, -0.2) is 9.67 Å². The molecule has 1 N–H and O–H groups in total. The fourth-order valence-electron chi connectivity index (χ4n) is 1.82. The molecule has 0 aliphatic rings. The first-order valence-electron chi connectivity index (χ1n) is 6.26. The molecule has 0 fully saturated rings. The van der Waals surface area contributed by atoms with Crippen LogP contribution >= 0.6 is 22.9 Å². The second-order valence-electron chi connectivity index (χ2n) is 4.42. The number of benzene rings is 2. The molecule has 0 aliphatic heterocycles. The molecule has 0 saturated heterocycles. The number of nitrogens with zero attached hydrogens (tertiary/aromatic N) is 3. The van der Waals surface area contributed by atoms with Crippen LogP contribution in [0.25, 0.3) is 10.6 Å². The van der Waals surface area contributed by atoms with Crippen LogP contribution in [0, 0.1) is 0 Å². The van der Waals surface area contributed by atoms with E-state index in [1.54, 1.807) is 22.9 Å². The summed E-state index contributed by atoms with van der Waals surface area (Å²) in [5, 5.41) is 15.8. The van der Waals surface area contributed by atoms with Crippen molar-refractivity contribution in [3.8, 4) is 16.3 Å². The van der Waals surface area contributed by atoms with E-state index in [-0.39, 0.29) is 5.75 Å². The Morgan fingerprint density at radius 3 is 2.57 bits per heavy atom. The highest BCUT2D eigenvalue weighted by Crippen LogP contribution is 2.25. The van der Waals surface area contributed by atoms with Crippen molar-refractivity contribution in [1.82, 2.24) is 9.78 Å². The standard InChI is InChI=1S/C15H12ClN3OS/c1-19-15(17-12-4-2-3-5-13(12)20)21-14(18-19)10-6-8-11(16)9-7-10/h2-9,20H,1H3/b17-15+. The summed E-state index contributed by atoms with van der Waals surface area (Å²) < 4.78 is 1.70. The normalized spacial score (nSPS) is 11.8. The molecule has 0 spiro atoms. The molecule has 0 saturated carbocycles. The summed E-state index contributed by atoms with van der Waals surface area (Å²) in [6.45, 7) is 0. The third-order valence-electron chi connectivity index (χ3n) is 2.89. The van der Waals surface area contributed by atoms with Gasteiger partial charge in [0.05, 0.1) is 0 Å². The molecule has 1 heterocycles. The molecule has 2 aromatic carbocycles. The van der Waals surface area contributed by atoms with Crippen LogP contribution in [0.5, 0.6) is 5.75 Å². The summed E-state index contributed by atoms with van der Waals surface area (Å²) >= 11 is 7.34. The predicted octanol–water partition coefficient (Wildman–Crippen LogP) is 3.74. The fraction of sp³-hybridized carbons (Fsp3) is 0.0667. The van der Waals surface area contributed by atoms with Crippen molar-refractivity contribution < 1.29 is 5.11 Å². The maximum atomic E-state index is 9.78. The third-order valence-corrected chi connectivity index (χ3v) is 4.20. The average molecular weight is 318 g/mol. The van der Waals surface area contributed by atoms with Crippen LogP contribution in [0.1, 0.15) is 0 Å². The predicted molar refractivity (Wildman–Crippen MR) is 84.9 cm³/mol. The summed E-state index contributed by atoms with van der Waals surface area (Å²) in [5.41, 5.74) is 1.51. The van der Waals surface area contributed by atoms with Gasteiger partial charge in [-0.2, -0.15) is 5.10 Å². The molecule has 6 heteroatoms. The largest absolute Gasteiger partial charge is 0.506 e. The van der Waals surface area contributed by atoms with E-state index in [4.69, 9.17) is 11.6 Å². The first-order valence-corrected chi connectivity index (χ1v) is 7.46. The van der Waals surface area contributed by atoms with Gasteiger partial charge in [0.1, 0.15) is 16.4 Å². The van der Waals surface area contributed by atoms with Crippen LogP contribution in [0.15, 0.2) is 53.5 Å². The van der Waals surface area contributed by atoms with Gasteiger partial charge < -0.3 is 5.11 Å². The molecule has 0 aliphatic carbocycles. The van der Waals surface area contributed by atoms with Gasteiger partial charge in [0, 0.05) is 17.6 Å². The Balaban J connectivity index is 2.06. The first-order chi connectivity index (χ1) is 10.1. The quantitative estimate of drug-likeness (QED) is 0.782. The Labute approximate surface area is 130 Å². The highest BCUT2D eigenvalue weighted by Gasteiger charge is 2.06. The zero-order chi connectivity index (χ0) is 14.8. The summed E-state index contributed by atoms with van der Waals surface area (Å²) in [6, 6.07) is 14.5. The monoisotopic (exact) mass is 317 g/mol. The number of aromatic nitrogens is 2. The van der Waals surface area contributed by atoms with Crippen LogP contribution in [0.3, 0.4) is 0 Å². The first kappa shape index (κ1) is 13.9. The minimum absolute atomic E-state index is 0.152. The number of phenolic OH excluding ortho intramolecular Hbond substituents is 1. The van der Waals surface area contributed by atoms with E-state index >= 15 is 0 Å². The summed E-state index contributed by atoms with van der Waals surface area (Å²) in [6.07, 6.45) is 0. The zero-order valence-corrected chi connectivity index (χ0v) is 12.8. The van der Waals surface area contributed by atoms with Crippen molar-refractivity contribution in [3.63, 3.8) is 0 Å². The van der Waals surface area contributed by atoms with Gasteiger partial charge >= 0.3 is 0 Å². The topological polar surface area (TPSA) is 50.4 Å². The molecule has 0 amide bonds. The van der Waals surface area contributed by atoms with Gasteiger partial charge in [-0.1, -0.05) is 47.2 Å². The lowest BCUT2D eigenvalue weighted by Crippen LogP contribution is -2.10. The van der Waals surface area contributed by atoms with Crippen molar-refractivity contribution in [1.29, 1.82) is 0 Å². The number of halogens is 1. The van der Waals surface area contributed by atoms with E-state index in [1.165, 1.54) is 11.3 Å². The molecule has 0 unspecified atom stereocenters. The lowest BCUT2D eigenvalue weighted by molar-refractivity contribution is 0.476. The van der Waals surface area contributed by atoms with Crippen molar-refractivity contribution in [2.75, 3.05) is 0 Å². The minimum atomic E-state index is 0.152. The zero-order valence-electron chi connectivity index (χ0n) is 11.2. The average Bonchev–Trinajstić information content (AvgIpc) is 2.83. The van der Waals surface area contributed by atoms with E-state index in [0.29, 0.717) is 15.5 Å². The summed E-state index contributed by atoms with van der Waals surface area (Å²) in [7, 11) is 1.83. The smallest absolute Gasteiger partial charge is 0.208 e. The Morgan fingerprint density at radius 2 is 1.86 bits per heavy atom. The number of para-hydroxylation sites is 2. The molecular weight excluding hydrogens is 306 g/mol. The maximum absolute atomic E-state index is 9.78. The molecule has 0 radical (unpaired) electrons. The van der Waals surface area contributed by atoms with Crippen LogP contribution < -0.4 is 4.80 Å². The maximum Gasteiger partial charge on any atom is 0.208 e. The van der Waals surface area contributed by atoms with Crippen LogP contribution in [-0.2, 0) is 7.05 Å². The molecule has 21 heavy (non-hydrogen) atoms. The SMILES string of the molecule is Cn1nc(-c2ccc(Cl)cc2)s/c1=N/c1ccccc1O. The molecule has 3 rings (SSSR count). The minimum Gasteiger partial charge on any atom is -0.506 e. The lowest BCUT2D eigenvalue weighted by Gasteiger charge is -1.95. The Kier molecular flexibility index (Phi) is 3.77. The molecule has 0 atom stereocenters. The highest BCUT2D eigenvalue weighted by molar-refractivity contribution is 7.12. The van der Waals surface area contributed by atoms with E-state index < -0.39 is 0 Å². The highest BCUT2D eigenvalue weighted by atomic mass is 35.5. The van der Waals surface area contributed by atoms with Crippen molar-refractivity contribution in [2.45, 2.75) is 0 Å². The van der Waals surface area contributed by atoms with Crippen LogP contribution in [-0.4, -0.2) is 14.9 Å². The van der Waals surface area contributed by atoms with Gasteiger partial charge in [0.2, 0.25) is 4.80 Å². The lowest BCUT2D eigenvalue weighted by atomic mass is 10.2. The van der Waals surface area contributed by atoms with Crippen molar-refractivity contribution in [3.05, 3.63) is 58.4 Å². The summed E-state index contributed by atoms with van der Waals surface area (Å²) in [4.78, 5) is 5.16. The van der Waals surface area contributed by atoms with Gasteiger partial charge in [0.25, 0.3) is 0 Å². The molecule has 0 bridgehead atoms. The van der Waals surface area contributed by atoms with Crippen molar-refractivity contribution >= 4 is 28.6 Å². The van der Waals surface area contributed by atoms with Gasteiger partial charge in [-0.15, -0.1) is 0 Å². The number of hydrogen-bond acceptors (Lipinski definition) is 4. The van der Waals surface area contributed by atoms with Crippen molar-refractivity contribution in [2.24, 2.45) is 12.0 Å². The fourth-order valence-corrected chi connectivity index (χ4v) is 2.85. The number of rotatable bonds is 2. The Morgan fingerprint density at radius 1 is 1.14 bits per heavy atom. The molecule has 4 nitrogen and oxygen atoms in total. The van der Waals surface area contributed by atoms with Gasteiger partial charge in [0.15, 0.2) is 0 Å². The van der Waals surface area contributed by atoms with E-state index in [0.717, 1.165) is 10.6 Å². The van der Waals surface area contributed by atoms with Gasteiger partial charge in [-0.05, 0) is 24.3 Å². The molecule has 106 valence electrons. The summed E-state index contributed by atoms with van der Waals surface area (Å²) in [5.74, 6) is 0.152. The molecule has 3 aromatic rings. The van der Waals surface area contributed by atoms with E-state index in [9.17, 15) is 5.11 Å².